The van der Waals surface area contributed by atoms with Crippen molar-refractivity contribution >= 4 is 67.8 Å². The van der Waals surface area contributed by atoms with Crippen LogP contribution in [-0.4, -0.2) is 55.0 Å². The number of nitrogens with one attached hydrogen (secondary N) is 1. The Labute approximate surface area is 216 Å². The summed E-state index contributed by atoms with van der Waals surface area (Å²) in [6, 6.07) is 3.63. The van der Waals surface area contributed by atoms with E-state index in [-0.39, 0.29) is 36.5 Å². The van der Waals surface area contributed by atoms with Crippen LogP contribution in [0.25, 0.3) is 0 Å². The summed E-state index contributed by atoms with van der Waals surface area (Å²) in [5.41, 5.74) is 21.9. The van der Waals surface area contributed by atoms with Gasteiger partial charge in [-0.05, 0) is 75.2 Å². The second-order valence-electron chi connectivity index (χ2n) is 6.74. The second-order valence-corrected chi connectivity index (χ2v) is 8.45. The van der Waals surface area contributed by atoms with Crippen molar-refractivity contribution < 1.29 is 14.7 Å². The smallest absolute Gasteiger partial charge is 0.269 e. The van der Waals surface area contributed by atoms with E-state index in [1.54, 1.807) is 0 Å². The van der Waals surface area contributed by atoms with Gasteiger partial charge in [0.2, 0.25) is 0 Å². The molecule has 0 spiro atoms. The monoisotopic (exact) mass is 612 g/mol. The molecule has 1 rings (SSSR count). The van der Waals surface area contributed by atoms with Crippen LogP contribution in [0.1, 0.15) is 31.2 Å². The Morgan fingerprint density at radius 3 is 2.03 bits per heavy atom. The summed E-state index contributed by atoms with van der Waals surface area (Å²) in [4.78, 5) is 20.1. The molecule has 0 saturated carbocycles. The molecule has 0 unspecified atom stereocenters. The summed E-state index contributed by atoms with van der Waals surface area (Å²) >= 11 is 6.97. The van der Waals surface area contributed by atoms with Gasteiger partial charge in [0.1, 0.15) is 11.5 Å². The predicted octanol–water partition coefficient (Wildman–Crippen LogP) is 1.61. The maximum Gasteiger partial charge on any atom is 0.269 e. The van der Waals surface area contributed by atoms with Crippen LogP contribution in [0.4, 0.5) is 0 Å². The summed E-state index contributed by atoms with van der Waals surface area (Å²) < 4.78 is 7.24. The number of oxime groups is 1. The molecule has 0 aliphatic heterocycles. The van der Waals surface area contributed by atoms with E-state index in [1.807, 2.05) is 12.1 Å². The van der Waals surface area contributed by atoms with Gasteiger partial charge in [-0.15, -0.1) is 12.4 Å². The number of nitrogens with zero attached hydrogens (tertiary/aromatic N) is 3. The van der Waals surface area contributed by atoms with Gasteiger partial charge in [0.15, 0.2) is 11.9 Å². The van der Waals surface area contributed by atoms with Crippen LogP contribution in [0.2, 0.25) is 0 Å². The third kappa shape index (κ3) is 13.1. The highest BCUT2D eigenvalue weighted by atomic mass is 79.9. The molecule has 0 fully saturated rings. The first-order chi connectivity index (χ1) is 15.2. The highest BCUT2D eigenvalue weighted by molar-refractivity contribution is 9.11. The van der Waals surface area contributed by atoms with Gasteiger partial charge in [0, 0.05) is 26.1 Å². The van der Waals surface area contributed by atoms with E-state index in [0.717, 1.165) is 24.8 Å². The quantitative estimate of drug-likeness (QED) is 0.0601. The number of carbonyl (C=O) groups excluding carboxylic acids is 1. The summed E-state index contributed by atoms with van der Waals surface area (Å²) in [5.74, 6) is 0.320. The Hall–Kier alpha value is -2.25. The van der Waals surface area contributed by atoms with Gasteiger partial charge in [0.25, 0.3) is 5.91 Å². The van der Waals surface area contributed by atoms with Crippen LogP contribution in [0.5, 0.6) is 5.75 Å². The van der Waals surface area contributed by atoms with Crippen LogP contribution in [0, 0.1) is 0 Å². The minimum absolute atomic E-state index is 0. The molecule has 0 aromatic heterocycles. The van der Waals surface area contributed by atoms with E-state index in [4.69, 9.17) is 27.7 Å². The van der Waals surface area contributed by atoms with E-state index in [1.165, 1.54) is 0 Å². The Balaban J connectivity index is 0.0000102. The van der Waals surface area contributed by atoms with E-state index < -0.39 is 5.91 Å². The molecule has 0 bridgehead atoms. The first kappa shape index (κ1) is 30.8. The van der Waals surface area contributed by atoms with E-state index in [9.17, 15) is 10.0 Å². The highest BCUT2D eigenvalue weighted by Gasteiger charge is 2.16. The van der Waals surface area contributed by atoms with Crippen molar-refractivity contribution in [3.05, 3.63) is 26.6 Å². The molecule has 0 aliphatic carbocycles. The third-order valence-corrected chi connectivity index (χ3v) is 5.25. The van der Waals surface area contributed by atoms with E-state index in [0.29, 0.717) is 47.4 Å². The van der Waals surface area contributed by atoms with Crippen molar-refractivity contribution in [3.63, 3.8) is 0 Å². The number of unbranched alkanes of at least 4 members (excludes halogenated alkanes) is 2. The molecule has 0 heterocycles. The first-order valence-corrected chi connectivity index (χ1v) is 11.5. The topological polar surface area (TPSA) is 200 Å². The number of guanidine groups is 2. The molecular weight excluding hydrogens is 584 g/mol. The fourth-order valence-electron chi connectivity index (χ4n) is 2.55. The fourth-order valence-corrected chi connectivity index (χ4v) is 4.06. The van der Waals surface area contributed by atoms with Gasteiger partial charge in [-0.1, -0.05) is 5.16 Å². The number of aliphatic imine (C=N–C) groups is 2. The number of carbonyl (C=O) groups is 1. The molecule has 0 aliphatic rings. The molecule has 1 aromatic rings. The Morgan fingerprint density at radius 1 is 0.970 bits per heavy atom. The molecular formula is C19H31Br2ClN8O3. The van der Waals surface area contributed by atoms with Gasteiger partial charge >= 0.3 is 0 Å². The zero-order valence-electron chi connectivity index (χ0n) is 18.1. The number of benzene rings is 1. The fraction of sp³-hybridized carbons (Fsp3) is 0.474. The van der Waals surface area contributed by atoms with E-state index >= 15 is 0 Å². The number of amides is 1. The Morgan fingerprint density at radius 2 is 1.52 bits per heavy atom. The molecule has 11 nitrogen and oxygen atoms in total. The number of hydrogen-bond acceptors (Lipinski definition) is 6. The second kappa shape index (κ2) is 17.3. The maximum absolute atomic E-state index is 12.3. The van der Waals surface area contributed by atoms with Crippen molar-refractivity contribution in [1.82, 2.24) is 5.32 Å². The molecule has 0 saturated heterocycles. The molecule has 1 aromatic carbocycles. The van der Waals surface area contributed by atoms with Crippen LogP contribution >= 0.6 is 44.3 Å². The largest absolute Gasteiger partial charge is 0.491 e. The van der Waals surface area contributed by atoms with E-state index in [2.05, 4.69) is 52.3 Å². The zero-order chi connectivity index (χ0) is 23.9. The number of nitrogens with two attached hydrogens (primary N) is 4. The average Bonchev–Trinajstić information content (AvgIpc) is 2.72. The maximum atomic E-state index is 12.3. The molecule has 1 amide bonds. The van der Waals surface area contributed by atoms with Crippen LogP contribution in [0.3, 0.4) is 0 Å². The number of rotatable bonds is 14. The summed E-state index contributed by atoms with van der Waals surface area (Å²) in [6.07, 6.45) is 3.14. The highest BCUT2D eigenvalue weighted by Crippen LogP contribution is 2.35. The lowest BCUT2D eigenvalue weighted by atomic mass is 10.1. The molecule has 10 N–H and O–H groups in total. The molecule has 0 radical (unpaired) electrons. The van der Waals surface area contributed by atoms with Crippen molar-refractivity contribution in [2.45, 2.75) is 32.1 Å². The first-order valence-electron chi connectivity index (χ1n) is 9.95. The number of ether oxygens (including phenoxy) is 1. The van der Waals surface area contributed by atoms with Crippen molar-refractivity contribution in [3.8, 4) is 5.75 Å². The normalized spacial score (nSPS) is 10.7. The molecule has 0 atom stereocenters. The van der Waals surface area contributed by atoms with Gasteiger partial charge in [-0.2, -0.15) is 0 Å². The SMILES string of the molecule is Cl.NC(N)=NCCCCNC(=O)/C(Cc1cc(Br)c(OCCCCN=C(N)N)c(Br)c1)=N/O. The van der Waals surface area contributed by atoms with Gasteiger partial charge in [-0.25, -0.2) is 0 Å². The van der Waals surface area contributed by atoms with Crippen molar-refractivity contribution in [2.24, 2.45) is 38.1 Å². The molecule has 186 valence electrons. The van der Waals surface area contributed by atoms with Crippen LogP contribution in [0.15, 0.2) is 36.2 Å². The van der Waals surface area contributed by atoms with Gasteiger partial charge < -0.3 is 38.2 Å². The van der Waals surface area contributed by atoms with Crippen LogP contribution < -0.4 is 33.0 Å². The van der Waals surface area contributed by atoms with Gasteiger partial charge in [0.05, 0.1) is 15.6 Å². The molecule has 14 heteroatoms. The average molecular weight is 615 g/mol. The zero-order valence-corrected chi connectivity index (χ0v) is 22.1. The summed E-state index contributed by atoms with van der Waals surface area (Å²) in [5, 5.41) is 15.2. The Bertz CT molecular complexity index is 821. The lowest BCUT2D eigenvalue weighted by Gasteiger charge is -2.13. The minimum atomic E-state index is -0.442. The summed E-state index contributed by atoms with van der Waals surface area (Å²) in [6.45, 7) is 1.95. The standard InChI is InChI=1S/C19H30Br2N8O3.ClH/c20-13-9-12(10-14(21)16(13)32-8-4-3-7-28-19(24)25)11-15(29-31)17(30)26-5-1-2-6-27-18(22)23;/h9-10,31H,1-8,11H2,(H,26,30)(H4,22,23,27)(H4,24,25,28);1H/b29-15+;. The van der Waals surface area contributed by atoms with Crippen LogP contribution in [-0.2, 0) is 11.2 Å². The Kier molecular flexibility index (Phi) is 16.1. The minimum Gasteiger partial charge on any atom is -0.491 e. The molecule has 33 heavy (non-hydrogen) atoms. The van der Waals surface area contributed by atoms with Crippen molar-refractivity contribution in [1.29, 1.82) is 0 Å². The third-order valence-electron chi connectivity index (χ3n) is 4.07. The summed E-state index contributed by atoms with van der Waals surface area (Å²) in [7, 11) is 0. The number of hydrogen-bond donors (Lipinski definition) is 6. The number of halogens is 3. The lowest BCUT2D eigenvalue weighted by Crippen LogP contribution is -2.33. The lowest BCUT2D eigenvalue weighted by molar-refractivity contribution is -0.115. The van der Waals surface area contributed by atoms with Crippen molar-refractivity contribution in [2.75, 3.05) is 26.2 Å². The van der Waals surface area contributed by atoms with Gasteiger partial charge in [-0.3, -0.25) is 14.8 Å². The predicted molar refractivity (Wildman–Crippen MR) is 140 cm³/mol.